The summed E-state index contributed by atoms with van der Waals surface area (Å²) in [7, 11) is 1.41. The zero-order chi connectivity index (χ0) is 13.7. The van der Waals surface area contributed by atoms with E-state index in [1.807, 2.05) is 37.3 Å². The van der Waals surface area contributed by atoms with Gasteiger partial charge in [-0.2, -0.15) is 0 Å². The van der Waals surface area contributed by atoms with Crippen molar-refractivity contribution in [2.24, 2.45) is 5.41 Å². The minimum atomic E-state index is -0.795. The molecular formula is C16H18O3. The molecule has 1 aromatic carbocycles. The number of methoxy groups -OCH3 is 1. The quantitative estimate of drug-likeness (QED) is 0.829. The molecule has 0 aliphatic heterocycles. The zero-order valence-electron chi connectivity index (χ0n) is 11.3. The summed E-state index contributed by atoms with van der Waals surface area (Å²) in [6.07, 6.45) is 3.66. The summed E-state index contributed by atoms with van der Waals surface area (Å²) in [4.78, 5) is 11.8. The molecular weight excluding hydrogens is 240 g/mol. The molecule has 0 aromatic heterocycles. The van der Waals surface area contributed by atoms with Crippen molar-refractivity contribution in [3.05, 3.63) is 41.0 Å². The lowest BCUT2D eigenvalue weighted by Crippen LogP contribution is -2.48. The van der Waals surface area contributed by atoms with E-state index >= 15 is 0 Å². The van der Waals surface area contributed by atoms with Crippen LogP contribution in [-0.2, 0) is 9.53 Å². The van der Waals surface area contributed by atoms with Crippen molar-refractivity contribution in [2.75, 3.05) is 7.11 Å². The van der Waals surface area contributed by atoms with Gasteiger partial charge in [-0.25, -0.2) is 0 Å². The Balaban J connectivity index is 1.93. The Labute approximate surface area is 112 Å². The summed E-state index contributed by atoms with van der Waals surface area (Å²) in [6.45, 7) is 2.05. The second-order valence-corrected chi connectivity index (χ2v) is 5.86. The summed E-state index contributed by atoms with van der Waals surface area (Å²) in [5.74, 6) is -0.189. The summed E-state index contributed by atoms with van der Waals surface area (Å²) in [6, 6.07) is 8.06. The Bertz CT molecular complexity index is 565. The van der Waals surface area contributed by atoms with Gasteiger partial charge in [-0.3, -0.25) is 4.79 Å². The van der Waals surface area contributed by atoms with Crippen LogP contribution in [0.15, 0.2) is 29.8 Å². The second kappa shape index (κ2) is 3.94. The molecule has 0 saturated heterocycles. The third-order valence-electron chi connectivity index (χ3n) is 4.52. The van der Waals surface area contributed by atoms with Crippen LogP contribution in [0.25, 0.3) is 6.08 Å². The lowest BCUT2D eigenvalue weighted by Gasteiger charge is -2.41. The van der Waals surface area contributed by atoms with Gasteiger partial charge in [0.2, 0.25) is 0 Å². The van der Waals surface area contributed by atoms with E-state index in [0.29, 0.717) is 19.3 Å². The molecule has 0 spiro atoms. The molecule has 1 N–H and O–H groups in total. The SMILES string of the molecule is COC(=O)C12C/C(=C\c3ccccc3C)C(O)(C1)C2. The van der Waals surface area contributed by atoms with Crippen LogP contribution in [0.4, 0.5) is 0 Å². The van der Waals surface area contributed by atoms with E-state index in [1.165, 1.54) is 12.7 Å². The van der Waals surface area contributed by atoms with E-state index < -0.39 is 11.0 Å². The van der Waals surface area contributed by atoms with Gasteiger partial charge >= 0.3 is 5.97 Å². The second-order valence-electron chi connectivity index (χ2n) is 5.86. The Morgan fingerprint density at radius 1 is 1.37 bits per heavy atom. The smallest absolute Gasteiger partial charge is 0.312 e. The zero-order valence-corrected chi connectivity index (χ0v) is 11.3. The molecule has 0 amide bonds. The van der Waals surface area contributed by atoms with Gasteiger partial charge in [-0.05, 0) is 42.9 Å². The number of rotatable bonds is 2. The van der Waals surface area contributed by atoms with E-state index in [2.05, 4.69) is 0 Å². The van der Waals surface area contributed by atoms with Crippen LogP contribution in [0, 0.1) is 12.3 Å². The van der Waals surface area contributed by atoms with Gasteiger partial charge in [0.15, 0.2) is 0 Å². The Morgan fingerprint density at radius 2 is 2.05 bits per heavy atom. The van der Waals surface area contributed by atoms with Crippen molar-refractivity contribution in [2.45, 2.75) is 31.8 Å². The average Bonchev–Trinajstić information content (AvgIpc) is 2.79. The van der Waals surface area contributed by atoms with Crippen LogP contribution < -0.4 is 0 Å². The summed E-state index contributed by atoms with van der Waals surface area (Å²) in [5, 5.41) is 10.5. The predicted molar refractivity (Wildman–Crippen MR) is 72.4 cm³/mol. The molecule has 3 aliphatic rings. The molecule has 3 aliphatic carbocycles. The number of hydrogen-bond donors (Lipinski definition) is 1. The van der Waals surface area contributed by atoms with Gasteiger partial charge in [-0.15, -0.1) is 0 Å². The van der Waals surface area contributed by atoms with Gasteiger partial charge < -0.3 is 9.84 Å². The fourth-order valence-electron chi connectivity index (χ4n) is 3.50. The first-order valence-electron chi connectivity index (χ1n) is 6.57. The summed E-state index contributed by atoms with van der Waals surface area (Å²) in [5.41, 5.74) is 1.98. The number of ether oxygens (including phenoxy) is 1. The molecule has 0 radical (unpaired) electrons. The summed E-state index contributed by atoms with van der Waals surface area (Å²) >= 11 is 0. The highest BCUT2D eigenvalue weighted by Gasteiger charge is 2.67. The molecule has 3 saturated carbocycles. The van der Waals surface area contributed by atoms with E-state index in [-0.39, 0.29) is 5.97 Å². The standard InChI is InChI=1S/C16H18O3/c1-11-5-3-4-6-12(11)7-13-8-15(14(17)19-2)9-16(13,18)10-15/h3-7,18H,8-10H2,1-2H3/b13-7+. The fourth-order valence-corrected chi connectivity index (χ4v) is 3.50. The first-order chi connectivity index (χ1) is 8.99. The minimum absolute atomic E-state index is 0.189. The highest BCUT2D eigenvalue weighted by atomic mass is 16.5. The monoisotopic (exact) mass is 258 g/mol. The van der Waals surface area contributed by atoms with Gasteiger partial charge in [0.1, 0.15) is 0 Å². The topological polar surface area (TPSA) is 46.5 Å². The van der Waals surface area contributed by atoms with Gasteiger partial charge in [0, 0.05) is 0 Å². The van der Waals surface area contributed by atoms with Crippen molar-refractivity contribution in [3.63, 3.8) is 0 Å². The number of hydrogen-bond acceptors (Lipinski definition) is 3. The van der Waals surface area contributed by atoms with Gasteiger partial charge in [-0.1, -0.05) is 30.3 Å². The normalized spacial score (nSPS) is 34.2. The third kappa shape index (κ3) is 1.72. The number of aryl methyl sites for hydroxylation is 1. The first kappa shape index (κ1) is 12.4. The maximum Gasteiger partial charge on any atom is 0.312 e. The van der Waals surface area contributed by atoms with E-state index in [0.717, 1.165) is 11.1 Å². The predicted octanol–water partition coefficient (Wildman–Crippen LogP) is 2.47. The maximum atomic E-state index is 11.8. The molecule has 3 fully saturated rings. The van der Waals surface area contributed by atoms with Crippen molar-refractivity contribution in [3.8, 4) is 0 Å². The van der Waals surface area contributed by atoms with Crippen molar-refractivity contribution in [1.29, 1.82) is 0 Å². The van der Waals surface area contributed by atoms with Gasteiger partial charge in [0.05, 0.1) is 18.1 Å². The number of carbonyl (C=O) groups is 1. The molecule has 3 nitrogen and oxygen atoms in total. The molecule has 0 atom stereocenters. The highest BCUT2D eigenvalue weighted by Crippen LogP contribution is 2.64. The van der Waals surface area contributed by atoms with Crippen molar-refractivity contribution in [1.82, 2.24) is 0 Å². The molecule has 19 heavy (non-hydrogen) atoms. The number of aliphatic hydroxyl groups is 1. The van der Waals surface area contributed by atoms with E-state index in [4.69, 9.17) is 4.74 Å². The first-order valence-corrected chi connectivity index (χ1v) is 6.57. The average molecular weight is 258 g/mol. The molecule has 0 heterocycles. The molecule has 2 bridgehead atoms. The van der Waals surface area contributed by atoms with Crippen LogP contribution in [0.2, 0.25) is 0 Å². The summed E-state index contributed by atoms with van der Waals surface area (Å²) < 4.78 is 4.87. The van der Waals surface area contributed by atoms with Crippen LogP contribution in [-0.4, -0.2) is 23.8 Å². The lowest BCUT2D eigenvalue weighted by atomic mass is 9.67. The molecule has 3 heteroatoms. The van der Waals surface area contributed by atoms with E-state index in [9.17, 15) is 9.90 Å². The van der Waals surface area contributed by atoms with Crippen molar-refractivity contribution >= 4 is 12.0 Å². The third-order valence-corrected chi connectivity index (χ3v) is 4.52. The van der Waals surface area contributed by atoms with Crippen LogP contribution in [0.3, 0.4) is 0 Å². The van der Waals surface area contributed by atoms with Crippen LogP contribution in [0.1, 0.15) is 30.4 Å². The Hall–Kier alpha value is -1.61. The van der Waals surface area contributed by atoms with Crippen LogP contribution in [0.5, 0.6) is 0 Å². The van der Waals surface area contributed by atoms with E-state index in [1.54, 1.807) is 0 Å². The maximum absolute atomic E-state index is 11.8. The lowest BCUT2D eigenvalue weighted by molar-refractivity contribution is -0.166. The number of benzene rings is 1. The Morgan fingerprint density at radius 3 is 2.68 bits per heavy atom. The molecule has 1 aromatic rings. The Kier molecular flexibility index (Phi) is 2.58. The number of fused-ring (bicyclic) bond motifs is 1. The van der Waals surface area contributed by atoms with Crippen LogP contribution >= 0.6 is 0 Å². The van der Waals surface area contributed by atoms with Gasteiger partial charge in [0.25, 0.3) is 0 Å². The number of carbonyl (C=O) groups excluding carboxylic acids is 1. The highest BCUT2D eigenvalue weighted by molar-refractivity contribution is 5.82. The molecule has 100 valence electrons. The molecule has 0 unspecified atom stereocenters. The molecule has 4 rings (SSSR count). The fraction of sp³-hybridized carbons (Fsp3) is 0.438. The van der Waals surface area contributed by atoms with Crippen molar-refractivity contribution < 1.29 is 14.6 Å². The largest absolute Gasteiger partial charge is 0.469 e. The minimum Gasteiger partial charge on any atom is -0.469 e. The number of esters is 1.